The van der Waals surface area contributed by atoms with Crippen LogP contribution < -0.4 is 4.90 Å². The van der Waals surface area contributed by atoms with Gasteiger partial charge in [0, 0.05) is 5.92 Å². The summed E-state index contributed by atoms with van der Waals surface area (Å²) in [6, 6.07) is 0. The molecule has 3 nitrogen and oxygen atoms in total. The zero-order valence-corrected chi connectivity index (χ0v) is 13.9. The highest BCUT2D eigenvalue weighted by molar-refractivity contribution is 5.09. The molecule has 2 heterocycles. The average Bonchev–Trinajstić information content (AvgIpc) is 2.87. The Morgan fingerprint density at radius 3 is 2.67 bits per heavy atom. The molecule has 0 aromatic carbocycles. The van der Waals surface area contributed by atoms with Gasteiger partial charge < -0.3 is 14.4 Å². The quantitative estimate of drug-likeness (QED) is 0.805. The lowest BCUT2D eigenvalue weighted by atomic mass is 9.74. The smallest absolute Gasteiger partial charge is 0.162 e. The Labute approximate surface area is 129 Å². The molecule has 0 aromatic rings. The van der Waals surface area contributed by atoms with Crippen molar-refractivity contribution in [1.29, 1.82) is 0 Å². The Bertz CT molecular complexity index is 375. The average molecular weight is 294 g/mol. The number of nitrogens with one attached hydrogen (secondary N) is 1. The number of ether oxygens (including phenoxy) is 2. The molecule has 0 bridgehead atoms. The van der Waals surface area contributed by atoms with E-state index in [2.05, 4.69) is 26.8 Å². The van der Waals surface area contributed by atoms with Gasteiger partial charge in [0.15, 0.2) is 6.29 Å². The van der Waals surface area contributed by atoms with E-state index in [9.17, 15) is 0 Å². The number of rotatable bonds is 3. The van der Waals surface area contributed by atoms with Crippen molar-refractivity contribution in [2.45, 2.75) is 58.8 Å². The molecule has 2 aliphatic heterocycles. The van der Waals surface area contributed by atoms with E-state index in [0.29, 0.717) is 23.9 Å². The van der Waals surface area contributed by atoms with Crippen molar-refractivity contribution in [3.05, 3.63) is 11.6 Å². The Morgan fingerprint density at radius 2 is 1.95 bits per heavy atom. The molecule has 0 radical (unpaired) electrons. The molecule has 1 N–H and O–H groups in total. The Balaban J connectivity index is 1.54. The molecule has 3 rings (SSSR count). The van der Waals surface area contributed by atoms with E-state index in [4.69, 9.17) is 9.47 Å². The summed E-state index contributed by atoms with van der Waals surface area (Å²) in [6.45, 7) is 11.5. The van der Waals surface area contributed by atoms with Crippen molar-refractivity contribution in [3.8, 4) is 0 Å². The molecule has 0 spiro atoms. The topological polar surface area (TPSA) is 22.9 Å². The van der Waals surface area contributed by atoms with Crippen LogP contribution in [-0.2, 0) is 9.47 Å². The van der Waals surface area contributed by atoms with E-state index < -0.39 is 0 Å². The molecule has 21 heavy (non-hydrogen) atoms. The van der Waals surface area contributed by atoms with Gasteiger partial charge in [-0.3, -0.25) is 0 Å². The summed E-state index contributed by atoms with van der Waals surface area (Å²) >= 11 is 0. The van der Waals surface area contributed by atoms with E-state index in [1.165, 1.54) is 44.3 Å². The van der Waals surface area contributed by atoms with Crippen LogP contribution in [0.2, 0.25) is 0 Å². The lowest BCUT2D eigenvalue weighted by Crippen LogP contribution is -3.13. The summed E-state index contributed by atoms with van der Waals surface area (Å²) in [4.78, 5) is 1.72. The first kappa shape index (κ1) is 15.5. The van der Waals surface area contributed by atoms with E-state index in [1.807, 2.05) is 0 Å². The second kappa shape index (κ2) is 6.80. The van der Waals surface area contributed by atoms with Gasteiger partial charge in [-0.1, -0.05) is 25.5 Å². The van der Waals surface area contributed by atoms with Gasteiger partial charge in [0.05, 0.1) is 19.7 Å². The highest BCUT2D eigenvalue weighted by Crippen LogP contribution is 2.38. The molecule has 0 unspecified atom stereocenters. The van der Waals surface area contributed by atoms with Gasteiger partial charge in [0.1, 0.15) is 12.6 Å². The SMILES string of the molecule is CC1=C[C@@H](C)[C@H]([C@@H]2OC[C@H](C[NH+]3CCCCC3)O2)[C@H](C)C1. The van der Waals surface area contributed by atoms with E-state index in [0.717, 1.165) is 13.2 Å². The zero-order valence-electron chi connectivity index (χ0n) is 13.9. The highest BCUT2D eigenvalue weighted by atomic mass is 16.7. The minimum atomic E-state index is 0.0218. The van der Waals surface area contributed by atoms with Gasteiger partial charge in [-0.05, 0) is 44.4 Å². The minimum absolute atomic E-state index is 0.0218. The highest BCUT2D eigenvalue weighted by Gasteiger charge is 2.40. The van der Waals surface area contributed by atoms with Crippen LogP contribution >= 0.6 is 0 Å². The molecule has 120 valence electrons. The fourth-order valence-corrected chi connectivity index (χ4v) is 4.66. The number of quaternary nitrogens is 1. The van der Waals surface area contributed by atoms with Crippen molar-refractivity contribution < 1.29 is 14.4 Å². The maximum atomic E-state index is 6.31. The molecule has 3 heteroatoms. The summed E-state index contributed by atoms with van der Waals surface area (Å²) < 4.78 is 12.4. The number of allylic oxidation sites excluding steroid dienone is 2. The fraction of sp³-hybridized carbons (Fsp3) is 0.889. The molecule has 2 saturated heterocycles. The fourth-order valence-electron chi connectivity index (χ4n) is 4.66. The third kappa shape index (κ3) is 3.69. The van der Waals surface area contributed by atoms with Crippen molar-refractivity contribution in [2.75, 3.05) is 26.2 Å². The largest absolute Gasteiger partial charge is 0.349 e. The number of piperidine rings is 1. The van der Waals surface area contributed by atoms with Gasteiger partial charge in [0.25, 0.3) is 0 Å². The Morgan fingerprint density at radius 1 is 1.19 bits per heavy atom. The summed E-state index contributed by atoms with van der Waals surface area (Å²) in [7, 11) is 0. The van der Waals surface area contributed by atoms with Crippen molar-refractivity contribution in [1.82, 2.24) is 0 Å². The molecular weight excluding hydrogens is 262 g/mol. The predicted octanol–water partition coefficient (Wildman–Crippen LogP) is 2.04. The second-order valence-electron chi connectivity index (χ2n) is 7.61. The van der Waals surface area contributed by atoms with Crippen molar-refractivity contribution in [3.63, 3.8) is 0 Å². The normalized spacial score (nSPS) is 42.0. The van der Waals surface area contributed by atoms with Crippen LogP contribution in [0, 0.1) is 17.8 Å². The van der Waals surface area contributed by atoms with Crippen molar-refractivity contribution in [2.24, 2.45) is 17.8 Å². The zero-order chi connectivity index (χ0) is 14.8. The van der Waals surface area contributed by atoms with Crippen molar-refractivity contribution >= 4 is 0 Å². The Kier molecular flexibility index (Phi) is 5.03. The summed E-state index contributed by atoms with van der Waals surface area (Å²) in [5, 5.41) is 0. The Hall–Kier alpha value is -0.380. The summed E-state index contributed by atoms with van der Waals surface area (Å²) in [6.07, 6.45) is 8.13. The van der Waals surface area contributed by atoms with Crippen LogP contribution in [0.3, 0.4) is 0 Å². The first-order valence-corrected chi connectivity index (χ1v) is 8.91. The molecule has 0 saturated carbocycles. The predicted molar refractivity (Wildman–Crippen MR) is 84.2 cm³/mol. The van der Waals surface area contributed by atoms with Gasteiger partial charge in [-0.15, -0.1) is 0 Å². The van der Waals surface area contributed by atoms with Crippen LogP contribution in [0.4, 0.5) is 0 Å². The van der Waals surface area contributed by atoms with Crippen LogP contribution in [0.1, 0.15) is 46.5 Å². The maximum absolute atomic E-state index is 6.31. The summed E-state index contributed by atoms with van der Waals surface area (Å²) in [5.41, 5.74) is 1.53. The van der Waals surface area contributed by atoms with Crippen LogP contribution in [-0.4, -0.2) is 38.6 Å². The summed E-state index contributed by atoms with van der Waals surface area (Å²) in [5.74, 6) is 1.76. The number of hydrogen-bond acceptors (Lipinski definition) is 2. The number of likely N-dealkylation sites (tertiary alicyclic amines) is 1. The lowest BCUT2D eigenvalue weighted by Gasteiger charge is -2.36. The van der Waals surface area contributed by atoms with Gasteiger partial charge in [-0.25, -0.2) is 0 Å². The first-order chi connectivity index (χ1) is 10.1. The monoisotopic (exact) mass is 294 g/mol. The third-order valence-electron chi connectivity index (χ3n) is 5.62. The molecule has 2 fully saturated rings. The molecule has 0 amide bonds. The molecular formula is C18H32NO2+. The molecule has 5 atom stereocenters. The molecule has 0 aromatic heterocycles. The van der Waals surface area contributed by atoms with Gasteiger partial charge >= 0.3 is 0 Å². The van der Waals surface area contributed by atoms with Crippen LogP contribution in [0.15, 0.2) is 11.6 Å². The van der Waals surface area contributed by atoms with Gasteiger partial charge in [0.2, 0.25) is 0 Å². The van der Waals surface area contributed by atoms with E-state index >= 15 is 0 Å². The second-order valence-corrected chi connectivity index (χ2v) is 7.61. The van der Waals surface area contributed by atoms with Gasteiger partial charge in [-0.2, -0.15) is 0 Å². The number of hydrogen-bond donors (Lipinski definition) is 1. The minimum Gasteiger partial charge on any atom is -0.349 e. The molecule has 3 aliphatic rings. The van der Waals surface area contributed by atoms with Crippen LogP contribution in [0.5, 0.6) is 0 Å². The standard InChI is InChI=1S/C18H31NO2/c1-13-9-14(2)17(15(3)10-13)18-20-12-16(21-18)11-19-7-5-4-6-8-19/h9,14-18H,4-8,10-12H2,1-3H3/p+1/t14-,15-,16+,17+,18-/m1/s1. The van der Waals surface area contributed by atoms with E-state index in [-0.39, 0.29) is 6.29 Å². The maximum Gasteiger partial charge on any atom is 0.162 e. The lowest BCUT2D eigenvalue weighted by molar-refractivity contribution is -0.907. The van der Waals surface area contributed by atoms with E-state index in [1.54, 1.807) is 4.90 Å². The molecule has 1 aliphatic carbocycles. The first-order valence-electron chi connectivity index (χ1n) is 8.91. The third-order valence-corrected chi connectivity index (χ3v) is 5.62. The van der Waals surface area contributed by atoms with Crippen LogP contribution in [0.25, 0.3) is 0 Å².